The van der Waals surface area contributed by atoms with Gasteiger partial charge in [0, 0.05) is 17.2 Å². The first-order chi connectivity index (χ1) is 9.97. The maximum Gasteiger partial charge on any atom is 0.124 e. The van der Waals surface area contributed by atoms with Crippen LogP contribution < -0.4 is 5.32 Å². The SMILES string of the molecule is Cc1ncc(CNCC(C)C)n1Cc1ccc(F)cc1Br. The molecule has 21 heavy (non-hydrogen) atoms. The monoisotopic (exact) mass is 353 g/mol. The number of nitrogens with one attached hydrogen (secondary N) is 1. The molecule has 0 spiro atoms. The molecule has 1 aromatic carbocycles. The molecule has 114 valence electrons. The summed E-state index contributed by atoms with van der Waals surface area (Å²) in [5, 5.41) is 3.43. The van der Waals surface area contributed by atoms with Crippen LogP contribution in [-0.4, -0.2) is 16.1 Å². The van der Waals surface area contributed by atoms with Gasteiger partial charge in [0.15, 0.2) is 0 Å². The van der Waals surface area contributed by atoms with Crippen molar-refractivity contribution in [3.8, 4) is 0 Å². The number of aryl methyl sites for hydroxylation is 1. The number of halogens is 2. The van der Waals surface area contributed by atoms with E-state index in [1.807, 2.05) is 19.2 Å². The molecule has 0 saturated heterocycles. The third-order valence-electron chi connectivity index (χ3n) is 3.34. The molecule has 0 aliphatic rings. The van der Waals surface area contributed by atoms with Gasteiger partial charge in [-0.25, -0.2) is 9.37 Å². The largest absolute Gasteiger partial charge is 0.327 e. The number of hydrogen-bond acceptors (Lipinski definition) is 2. The maximum atomic E-state index is 13.2. The Bertz CT molecular complexity index is 608. The van der Waals surface area contributed by atoms with Crippen molar-refractivity contribution < 1.29 is 4.39 Å². The lowest BCUT2D eigenvalue weighted by Gasteiger charge is -2.13. The number of nitrogens with zero attached hydrogens (tertiary/aromatic N) is 2. The van der Waals surface area contributed by atoms with Gasteiger partial charge in [0.1, 0.15) is 11.6 Å². The lowest BCUT2D eigenvalue weighted by Crippen LogP contribution is -2.21. The van der Waals surface area contributed by atoms with E-state index in [-0.39, 0.29) is 5.82 Å². The Kier molecular flexibility index (Phi) is 5.53. The minimum absolute atomic E-state index is 0.230. The van der Waals surface area contributed by atoms with E-state index >= 15 is 0 Å². The van der Waals surface area contributed by atoms with Crippen LogP contribution in [-0.2, 0) is 13.1 Å². The molecule has 2 rings (SSSR count). The van der Waals surface area contributed by atoms with Crippen LogP contribution in [0.2, 0.25) is 0 Å². The Balaban J connectivity index is 2.13. The summed E-state index contributed by atoms with van der Waals surface area (Å²) in [5.74, 6) is 1.35. The van der Waals surface area contributed by atoms with Gasteiger partial charge in [-0.2, -0.15) is 0 Å². The number of aromatic nitrogens is 2. The van der Waals surface area contributed by atoms with Crippen molar-refractivity contribution in [1.82, 2.24) is 14.9 Å². The van der Waals surface area contributed by atoms with Gasteiger partial charge in [0.25, 0.3) is 0 Å². The highest BCUT2D eigenvalue weighted by Crippen LogP contribution is 2.20. The fraction of sp³-hybridized carbons (Fsp3) is 0.438. The van der Waals surface area contributed by atoms with E-state index in [1.165, 1.54) is 12.1 Å². The first-order valence-electron chi connectivity index (χ1n) is 7.13. The van der Waals surface area contributed by atoms with E-state index in [0.29, 0.717) is 12.5 Å². The van der Waals surface area contributed by atoms with E-state index < -0.39 is 0 Å². The summed E-state index contributed by atoms with van der Waals surface area (Å²) in [6.45, 7) is 8.81. The molecule has 0 unspecified atom stereocenters. The highest BCUT2D eigenvalue weighted by atomic mass is 79.9. The van der Waals surface area contributed by atoms with Gasteiger partial charge in [0.05, 0.1) is 12.2 Å². The smallest absolute Gasteiger partial charge is 0.124 e. The molecule has 0 aliphatic heterocycles. The van der Waals surface area contributed by atoms with Gasteiger partial charge in [-0.3, -0.25) is 0 Å². The average Bonchev–Trinajstić information content (AvgIpc) is 2.74. The van der Waals surface area contributed by atoms with E-state index in [2.05, 4.69) is 44.6 Å². The second kappa shape index (κ2) is 7.18. The molecule has 0 aliphatic carbocycles. The summed E-state index contributed by atoms with van der Waals surface area (Å²) in [6.07, 6.45) is 1.90. The highest BCUT2D eigenvalue weighted by molar-refractivity contribution is 9.10. The molecule has 2 aromatic rings. The topological polar surface area (TPSA) is 29.9 Å². The normalized spacial score (nSPS) is 11.3. The molecular weight excluding hydrogens is 333 g/mol. The van der Waals surface area contributed by atoms with Crippen molar-refractivity contribution in [2.24, 2.45) is 5.92 Å². The Labute approximate surface area is 133 Å². The average molecular weight is 354 g/mol. The molecule has 5 heteroatoms. The predicted molar refractivity (Wildman–Crippen MR) is 86.7 cm³/mol. The summed E-state index contributed by atoms with van der Waals surface area (Å²) in [7, 11) is 0. The molecule has 1 heterocycles. The molecule has 0 radical (unpaired) electrons. The van der Waals surface area contributed by atoms with Crippen molar-refractivity contribution in [2.75, 3.05) is 6.54 Å². The Hall–Kier alpha value is -1.20. The summed E-state index contributed by atoms with van der Waals surface area (Å²) >= 11 is 3.42. The van der Waals surface area contributed by atoms with E-state index in [9.17, 15) is 4.39 Å². The van der Waals surface area contributed by atoms with Gasteiger partial charge in [0.2, 0.25) is 0 Å². The fourth-order valence-electron chi connectivity index (χ4n) is 2.18. The molecule has 1 aromatic heterocycles. The van der Waals surface area contributed by atoms with Crippen LogP contribution in [0, 0.1) is 18.7 Å². The zero-order valence-corrected chi connectivity index (χ0v) is 14.2. The quantitative estimate of drug-likeness (QED) is 0.853. The third-order valence-corrected chi connectivity index (χ3v) is 4.08. The number of rotatable bonds is 6. The Morgan fingerprint density at radius 2 is 2.14 bits per heavy atom. The maximum absolute atomic E-state index is 13.2. The van der Waals surface area contributed by atoms with Crippen molar-refractivity contribution in [3.63, 3.8) is 0 Å². The second-order valence-electron chi connectivity index (χ2n) is 5.64. The van der Waals surface area contributed by atoms with Gasteiger partial charge in [-0.05, 0) is 37.1 Å². The summed E-state index contributed by atoms with van der Waals surface area (Å²) in [4.78, 5) is 4.39. The van der Waals surface area contributed by atoms with E-state index in [4.69, 9.17) is 0 Å². The van der Waals surface area contributed by atoms with E-state index in [0.717, 1.165) is 34.6 Å². The number of benzene rings is 1. The van der Waals surface area contributed by atoms with Crippen LogP contribution in [0.3, 0.4) is 0 Å². The molecule has 0 amide bonds. The molecule has 0 saturated carbocycles. The molecule has 1 N–H and O–H groups in total. The van der Waals surface area contributed by atoms with Crippen LogP contribution in [0.4, 0.5) is 4.39 Å². The van der Waals surface area contributed by atoms with Crippen molar-refractivity contribution in [1.29, 1.82) is 0 Å². The van der Waals surface area contributed by atoms with Crippen LogP contribution in [0.1, 0.15) is 30.9 Å². The summed E-state index contributed by atoms with van der Waals surface area (Å²) < 4.78 is 16.1. The second-order valence-corrected chi connectivity index (χ2v) is 6.50. The van der Waals surface area contributed by atoms with Crippen LogP contribution in [0.15, 0.2) is 28.9 Å². The van der Waals surface area contributed by atoms with Gasteiger partial charge < -0.3 is 9.88 Å². The third kappa shape index (κ3) is 4.38. The lowest BCUT2D eigenvalue weighted by atomic mass is 10.2. The number of imidazole rings is 1. The van der Waals surface area contributed by atoms with Crippen LogP contribution in [0.5, 0.6) is 0 Å². The molecular formula is C16H21BrFN3. The fourth-order valence-corrected chi connectivity index (χ4v) is 2.66. The standard InChI is InChI=1S/C16H21BrFN3/c1-11(2)7-19-8-15-9-20-12(3)21(15)10-13-4-5-14(18)6-16(13)17/h4-6,9,11,19H,7-8,10H2,1-3H3. The van der Waals surface area contributed by atoms with Crippen LogP contribution in [0.25, 0.3) is 0 Å². The summed E-state index contributed by atoms with van der Waals surface area (Å²) in [6, 6.07) is 4.80. The van der Waals surface area contributed by atoms with Gasteiger partial charge in [-0.15, -0.1) is 0 Å². The van der Waals surface area contributed by atoms with Crippen molar-refractivity contribution >= 4 is 15.9 Å². The van der Waals surface area contributed by atoms with E-state index in [1.54, 1.807) is 0 Å². The molecule has 3 nitrogen and oxygen atoms in total. The number of hydrogen-bond donors (Lipinski definition) is 1. The molecule has 0 fully saturated rings. The van der Waals surface area contributed by atoms with Crippen LogP contribution >= 0.6 is 15.9 Å². The van der Waals surface area contributed by atoms with Gasteiger partial charge >= 0.3 is 0 Å². The van der Waals surface area contributed by atoms with Crippen molar-refractivity contribution in [2.45, 2.75) is 33.9 Å². The molecule has 0 bridgehead atoms. The highest BCUT2D eigenvalue weighted by Gasteiger charge is 2.09. The molecule has 0 atom stereocenters. The first-order valence-corrected chi connectivity index (χ1v) is 7.92. The first kappa shape index (κ1) is 16.2. The minimum atomic E-state index is -0.230. The zero-order valence-electron chi connectivity index (χ0n) is 12.7. The zero-order chi connectivity index (χ0) is 15.4. The predicted octanol–water partition coefficient (Wildman–Crippen LogP) is 3.89. The summed E-state index contributed by atoms with van der Waals surface area (Å²) in [5.41, 5.74) is 2.19. The Morgan fingerprint density at radius 3 is 2.81 bits per heavy atom. The van der Waals surface area contributed by atoms with Gasteiger partial charge in [-0.1, -0.05) is 35.8 Å². The Morgan fingerprint density at radius 1 is 1.38 bits per heavy atom. The lowest BCUT2D eigenvalue weighted by molar-refractivity contribution is 0.537. The minimum Gasteiger partial charge on any atom is -0.327 e. The van der Waals surface area contributed by atoms with Crippen molar-refractivity contribution in [3.05, 3.63) is 51.8 Å².